The van der Waals surface area contributed by atoms with Gasteiger partial charge in [0.25, 0.3) is 0 Å². The first-order chi connectivity index (χ1) is 6.07. The quantitative estimate of drug-likeness (QED) is 0.637. The Labute approximate surface area is 85.6 Å². The molecule has 3 heteroatoms. The van der Waals surface area contributed by atoms with Crippen molar-refractivity contribution in [2.45, 2.75) is 20.3 Å². The van der Waals surface area contributed by atoms with Crippen LogP contribution in [0.25, 0.3) is 0 Å². The summed E-state index contributed by atoms with van der Waals surface area (Å²) in [5.41, 5.74) is 1.07. The van der Waals surface area contributed by atoms with E-state index in [4.69, 9.17) is 11.6 Å². The van der Waals surface area contributed by atoms with Gasteiger partial charge in [0.2, 0.25) is 0 Å². The molecule has 0 heterocycles. The molecule has 0 aromatic rings. The molecule has 0 aliphatic carbocycles. The molecule has 0 radical (unpaired) electrons. The predicted molar refractivity (Wildman–Crippen MR) is 60.2 cm³/mol. The van der Waals surface area contributed by atoms with Crippen LogP contribution >= 0.6 is 11.6 Å². The van der Waals surface area contributed by atoms with Crippen molar-refractivity contribution in [3.8, 4) is 0 Å². The van der Waals surface area contributed by atoms with Crippen LogP contribution in [-0.2, 0) is 0 Å². The Balaban J connectivity index is 4.24. The second-order valence-electron chi connectivity index (χ2n) is 2.93. The van der Waals surface area contributed by atoms with Gasteiger partial charge in [0, 0.05) is 26.0 Å². The average molecular weight is 201 g/mol. The highest BCUT2D eigenvalue weighted by atomic mass is 35.5. The molecule has 0 atom stereocenters. The minimum absolute atomic E-state index is 0.517. The molecule has 0 spiro atoms. The molecule has 0 rings (SSSR count). The highest BCUT2D eigenvalue weighted by Gasteiger charge is 1.89. The van der Waals surface area contributed by atoms with Gasteiger partial charge < -0.3 is 4.90 Å². The SMILES string of the molecule is CC/C=C/C(Cl)=N/C=C(\C)N(C)C. The van der Waals surface area contributed by atoms with Crippen molar-refractivity contribution in [2.75, 3.05) is 14.1 Å². The number of allylic oxidation sites excluding steroid dienone is 3. The molecule has 0 bridgehead atoms. The fourth-order valence-corrected chi connectivity index (χ4v) is 0.667. The second kappa shape index (κ2) is 6.72. The number of hydrogen-bond acceptors (Lipinski definition) is 2. The molecule has 0 fully saturated rings. The average Bonchev–Trinajstić information content (AvgIpc) is 2.10. The summed E-state index contributed by atoms with van der Waals surface area (Å²) in [5.74, 6) is 0. The molecular weight excluding hydrogens is 184 g/mol. The Morgan fingerprint density at radius 2 is 2.08 bits per heavy atom. The molecule has 13 heavy (non-hydrogen) atoms. The van der Waals surface area contributed by atoms with Crippen molar-refractivity contribution in [3.05, 3.63) is 24.0 Å². The third-order valence-corrected chi connectivity index (χ3v) is 1.79. The topological polar surface area (TPSA) is 15.6 Å². The molecule has 2 nitrogen and oxygen atoms in total. The first-order valence-corrected chi connectivity index (χ1v) is 4.69. The van der Waals surface area contributed by atoms with Gasteiger partial charge in [0.05, 0.1) is 0 Å². The lowest BCUT2D eigenvalue weighted by Crippen LogP contribution is -2.07. The normalized spacial score (nSPS) is 13.9. The molecule has 0 saturated heterocycles. The van der Waals surface area contributed by atoms with Gasteiger partial charge in [-0.05, 0) is 19.4 Å². The van der Waals surface area contributed by atoms with E-state index in [2.05, 4.69) is 11.9 Å². The Morgan fingerprint density at radius 3 is 2.54 bits per heavy atom. The largest absolute Gasteiger partial charge is 0.380 e. The highest BCUT2D eigenvalue weighted by molar-refractivity contribution is 6.68. The Hall–Kier alpha value is -0.760. The Bertz CT molecular complexity index is 227. The summed E-state index contributed by atoms with van der Waals surface area (Å²) in [6.45, 7) is 4.04. The molecular formula is C10H17ClN2. The summed E-state index contributed by atoms with van der Waals surface area (Å²) < 4.78 is 0. The molecule has 0 aromatic carbocycles. The second-order valence-corrected chi connectivity index (χ2v) is 3.31. The molecule has 0 aliphatic heterocycles. The molecule has 0 amide bonds. The van der Waals surface area contributed by atoms with E-state index in [1.807, 2.05) is 32.0 Å². The van der Waals surface area contributed by atoms with Crippen LogP contribution in [0, 0.1) is 0 Å². The maximum atomic E-state index is 5.81. The minimum atomic E-state index is 0.517. The van der Waals surface area contributed by atoms with E-state index in [9.17, 15) is 0 Å². The van der Waals surface area contributed by atoms with Crippen molar-refractivity contribution in [1.29, 1.82) is 0 Å². The summed E-state index contributed by atoms with van der Waals surface area (Å²) in [6, 6.07) is 0. The summed E-state index contributed by atoms with van der Waals surface area (Å²) in [6.07, 6.45) is 6.51. The van der Waals surface area contributed by atoms with Gasteiger partial charge in [0.1, 0.15) is 5.17 Å². The maximum Gasteiger partial charge on any atom is 0.128 e. The van der Waals surface area contributed by atoms with Crippen LogP contribution in [0.2, 0.25) is 0 Å². The fraction of sp³-hybridized carbons (Fsp3) is 0.500. The molecule has 0 aliphatic rings. The van der Waals surface area contributed by atoms with Crippen LogP contribution < -0.4 is 0 Å². The van der Waals surface area contributed by atoms with Gasteiger partial charge in [-0.1, -0.05) is 24.6 Å². The number of halogens is 1. The van der Waals surface area contributed by atoms with E-state index in [-0.39, 0.29) is 0 Å². The number of rotatable bonds is 4. The zero-order valence-corrected chi connectivity index (χ0v) is 9.47. The van der Waals surface area contributed by atoms with Gasteiger partial charge in [0.15, 0.2) is 0 Å². The van der Waals surface area contributed by atoms with Crippen LogP contribution in [0.1, 0.15) is 20.3 Å². The standard InChI is InChI=1S/C10H17ClN2/c1-5-6-7-10(11)12-8-9(2)13(3)4/h6-8H,5H2,1-4H3/b7-6+,9-8+,12-10-. The monoisotopic (exact) mass is 200 g/mol. The van der Waals surface area contributed by atoms with Crippen LogP contribution in [0.5, 0.6) is 0 Å². The van der Waals surface area contributed by atoms with Crippen LogP contribution in [0.3, 0.4) is 0 Å². The summed E-state index contributed by atoms with van der Waals surface area (Å²) in [4.78, 5) is 6.06. The van der Waals surface area contributed by atoms with E-state index >= 15 is 0 Å². The predicted octanol–water partition coefficient (Wildman–Crippen LogP) is 3.01. The number of aliphatic imine (C=N–C) groups is 1. The van der Waals surface area contributed by atoms with Crippen LogP contribution in [-0.4, -0.2) is 24.2 Å². The van der Waals surface area contributed by atoms with Gasteiger partial charge in [-0.3, -0.25) is 0 Å². The maximum absolute atomic E-state index is 5.81. The lowest BCUT2D eigenvalue weighted by Gasteiger charge is -2.10. The zero-order chi connectivity index (χ0) is 10.3. The number of hydrogen-bond donors (Lipinski definition) is 0. The number of nitrogens with zero attached hydrogens (tertiary/aromatic N) is 2. The van der Waals surface area contributed by atoms with E-state index in [1.165, 1.54) is 0 Å². The Kier molecular flexibility index (Phi) is 6.33. The van der Waals surface area contributed by atoms with Crippen LogP contribution in [0.15, 0.2) is 29.0 Å². The lowest BCUT2D eigenvalue weighted by molar-refractivity contribution is 0.512. The smallest absolute Gasteiger partial charge is 0.128 e. The molecule has 74 valence electrons. The van der Waals surface area contributed by atoms with Crippen molar-refractivity contribution in [1.82, 2.24) is 4.90 Å². The Morgan fingerprint density at radius 1 is 1.46 bits per heavy atom. The van der Waals surface area contributed by atoms with Crippen molar-refractivity contribution in [2.24, 2.45) is 4.99 Å². The van der Waals surface area contributed by atoms with Crippen molar-refractivity contribution < 1.29 is 0 Å². The van der Waals surface area contributed by atoms with E-state index in [0.717, 1.165) is 12.1 Å². The summed E-state index contributed by atoms with van der Waals surface area (Å²) in [7, 11) is 3.94. The lowest BCUT2D eigenvalue weighted by atomic mass is 10.4. The third-order valence-electron chi connectivity index (χ3n) is 1.57. The van der Waals surface area contributed by atoms with E-state index in [0.29, 0.717) is 5.17 Å². The fourth-order valence-electron chi connectivity index (χ4n) is 0.529. The molecule has 0 saturated carbocycles. The third kappa shape index (κ3) is 6.41. The van der Waals surface area contributed by atoms with Gasteiger partial charge in [-0.15, -0.1) is 0 Å². The molecule has 0 unspecified atom stereocenters. The zero-order valence-electron chi connectivity index (χ0n) is 8.71. The van der Waals surface area contributed by atoms with Gasteiger partial charge in [-0.2, -0.15) is 0 Å². The minimum Gasteiger partial charge on any atom is -0.380 e. The molecule has 0 N–H and O–H groups in total. The van der Waals surface area contributed by atoms with E-state index < -0.39 is 0 Å². The van der Waals surface area contributed by atoms with Crippen LogP contribution in [0.4, 0.5) is 0 Å². The van der Waals surface area contributed by atoms with Crippen molar-refractivity contribution in [3.63, 3.8) is 0 Å². The van der Waals surface area contributed by atoms with E-state index in [1.54, 1.807) is 12.3 Å². The van der Waals surface area contributed by atoms with Gasteiger partial charge in [-0.25, -0.2) is 4.99 Å². The first kappa shape index (κ1) is 12.2. The van der Waals surface area contributed by atoms with Crippen molar-refractivity contribution >= 4 is 16.8 Å². The summed E-state index contributed by atoms with van der Waals surface area (Å²) >= 11 is 5.81. The van der Waals surface area contributed by atoms with Gasteiger partial charge >= 0.3 is 0 Å². The molecule has 0 aromatic heterocycles. The first-order valence-electron chi connectivity index (χ1n) is 4.31. The summed E-state index contributed by atoms with van der Waals surface area (Å²) in [5, 5.41) is 0.517. The highest BCUT2D eigenvalue weighted by Crippen LogP contribution is 1.98.